The molecular formula is C10H16N2O4. The second kappa shape index (κ2) is 4.96. The Kier molecular flexibility index (Phi) is 3.87. The number of carboxylic acids is 1. The third kappa shape index (κ3) is 2.95. The third-order valence-corrected chi connectivity index (χ3v) is 2.75. The minimum Gasteiger partial charge on any atom is -0.481 e. The van der Waals surface area contributed by atoms with Crippen molar-refractivity contribution in [3.8, 4) is 0 Å². The molecule has 16 heavy (non-hydrogen) atoms. The van der Waals surface area contributed by atoms with E-state index in [9.17, 15) is 14.4 Å². The first-order valence-corrected chi connectivity index (χ1v) is 5.15. The van der Waals surface area contributed by atoms with Crippen LogP contribution in [0.4, 0.5) is 0 Å². The van der Waals surface area contributed by atoms with Gasteiger partial charge < -0.3 is 15.3 Å². The Morgan fingerprint density at radius 3 is 2.44 bits per heavy atom. The van der Waals surface area contributed by atoms with Crippen molar-refractivity contribution in [2.24, 2.45) is 11.8 Å². The van der Waals surface area contributed by atoms with Gasteiger partial charge in [-0.25, -0.2) is 0 Å². The van der Waals surface area contributed by atoms with E-state index < -0.39 is 17.8 Å². The largest absolute Gasteiger partial charge is 0.481 e. The fourth-order valence-corrected chi connectivity index (χ4v) is 1.53. The van der Waals surface area contributed by atoms with Crippen molar-refractivity contribution in [3.63, 3.8) is 0 Å². The number of carbonyl (C=O) groups is 3. The molecule has 0 heterocycles. The van der Waals surface area contributed by atoms with Gasteiger partial charge in [-0.15, -0.1) is 0 Å². The van der Waals surface area contributed by atoms with E-state index in [4.69, 9.17) is 5.11 Å². The predicted molar refractivity (Wildman–Crippen MR) is 55.6 cm³/mol. The maximum Gasteiger partial charge on any atom is 0.307 e. The van der Waals surface area contributed by atoms with Crippen molar-refractivity contribution in [3.05, 3.63) is 0 Å². The zero-order chi connectivity index (χ0) is 12.3. The summed E-state index contributed by atoms with van der Waals surface area (Å²) in [5, 5.41) is 11.1. The highest BCUT2D eigenvalue weighted by Crippen LogP contribution is 2.39. The highest BCUT2D eigenvalue weighted by molar-refractivity contribution is 5.89. The number of nitrogens with one attached hydrogen (secondary N) is 1. The first-order valence-electron chi connectivity index (χ1n) is 5.15. The van der Waals surface area contributed by atoms with Crippen LogP contribution in [0.1, 0.15) is 12.8 Å². The van der Waals surface area contributed by atoms with Gasteiger partial charge in [-0.2, -0.15) is 0 Å². The van der Waals surface area contributed by atoms with E-state index in [1.54, 1.807) is 7.05 Å². The smallest absolute Gasteiger partial charge is 0.307 e. The zero-order valence-corrected chi connectivity index (χ0v) is 9.40. The molecule has 6 nitrogen and oxygen atoms in total. The zero-order valence-electron chi connectivity index (χ0n) is 9.40. The number of hydrogen-bond donors (Lipinski definition) is 2. The lowest BCUT2D eigenvalue weighted by Crippen LogP contribution is -2.33. The highest BCUT2D eigenvalue weighted by Gasteiger charge is 2.49. The van der Waals surface area contributed by atoms with Crippen LogP contribution in [0.2, 0.25) is 0 Å². The average molecular weight is 228 g/mol. The molecule has 1 rings (SSSR count). The van der Waals surface area contributed by atoms with Gasteiger partial charge in [0.15, 0.2) is 0 Å². The van der Waals surface area contributed by atoms with Gasteiger partial charge in [-0.3, -0.25) is 14.4 Å². The monoisotopic (exact) mass is 228 g/mol. The summed E-state index contributed by atoms with van der Waals surface area (Å²) in [6, 6.07) is 0. The Morgan fingerprint density at radius 2 is 2.00 bits per heavy atom. The summed E-state index contributed by atoms with van der Waals surface area (Å²) in [5.41, 5.74) is 0. The molecule has 1 saturated carbocycles. The highest BCUT2D eigenvalue weighted by atomic mass is 16.4. The van der Waals surface area contributed by atoms with E-state index >= 15 is 0 Å². The summed E-state index contributed by atoms with van der Waals surface area (Å²) in [7, 11) is 3.12. The third-order valence-electron chi connectivity index (χ3n) is 2.75. The van der Waals surface area contributed by atoms with E-state index in [0.29, 0.717) is 13.0 Å². The Bertz CT molecular complexity index is 316. The van der Waals surface area contributed by atoms with Crippen LogP contribution in [0, 0.1) is 11.8 Å². The summed E-state index contributed by atoms with van der Waals surface area (Å²) in [6.07, 6.45) is 0.654. The predicted octanol–water partition coefficient (Wildman–Crippen LogP) is -0.698. The van der Waals surface area contributed by atoms with E-state index in [1.807, 2.05) is 0 Å². The lowest BCUT2D eigenvalue weighted by Gasteiger charge is -2.16. The van der Waals surface area contributed by atoms with Gasteiger partial charge >= 0.3 is 5.97 Å². The molecule has 0 spiro atoms. The topological polar surface area (TPSA) is 86.7 Å². The van der Waals surface area contributed by atoms with Gasteiger partial charge in [0, 0.05) is 27.1 Å². The number of hydrogen-bond acceptors (Lipinski definition) is 3. The van der Waals surface area contributed by atoms with E-state index in [2.05, 4.69) is 5.32 Å². The minimum absolute atomic E-state index is 0.134. The molecular weight excluding hydrogens is 212 g/mol. The van der Waals surface area contributed by atoms with Crippen LogP contribution >= 0.6 is 0 Å². The van der Waals surface area contributed by atoms with Gasteiger partial charge in [-0.05, 0) is 6.42 Å². The number of carbonyl (C=O) groups excluding carboxylic acids is 2. The second-order valence-electron chi connectivity index (χ2n) is 3.97. The molecule has 0 bridgehead atoms. The number of aliphatic carboxylic acids is 1. The lowest BCUT2D eigenvalue weighted by atomic mass is 10.2. The Hall–Kier alpha value is -1.59. The fraction of sp³-hybridized carbons (Fsp3) is 0.700. The molecule has 0 aromatic rings. The lowest BCUT2D eigenvalue weighted by molar-refractivity contribution is -0.141. The van der Waals surface area contributed by atoms with E-state index in [0.717, 1.165) is 0 Å². The van der Waals surface area contributed by atoms with Crippen molar-refractivity contribution >= 4 is 17.8 Å². The molecule has 2 unspecified atom stereocenters. The van der Waals surface area contributed by atoms with Crippen molar-refractivity contribution in [2.75, 3.05) is 20.6 Å². The van der Waals surface area contributed by atoms with Crippen LogP contribution in [-0.4, -0.2) is 48.4 Å². The van der Waals surface area contributed by atoms with Crippen LogP contribution in [0.25, 0.3) is 0 Å². The Balaban J connectivity index is 2.33. The van der Waals surface area contributed by atoms with Gasteiger partial charge in [0.25, 0.3) is 0 Å². The van der Waals surface area contributed by atoms with Crippen LogP contribution in [0.5, 0.6) is 0 Å². The summed E-state index contributed by atoms with van der Waals surface area (Å²) >= 11 is 0. The summed E-state index contributed by atoms with van der Waals surface area (Å²) in [5.74, 6) is -2.17. The van der Waals surface area contributed by atoms with Gasteiger partial charge in [0.05, 0.1) is 11.8 Å². The molecule has 0 radical (unpaired) electrons. The van der Waals surface area contributed by atoms with Crippen LogP contribution in [-0.2, 0) is 14.4 Å². The maximum absolute atomic E-state index is 11.7. The van der Waals surface area contributed by atoms with Crippen LogP contribution in [0.15, 0.2) is 0 Å². The van der Waals surface area contributed by atoms with Crippen molar-refractivity contribution in [1.82, 2.24) is 10.2 Å². The number of rotatable bonds is 5. The van der Waals surface area contributed by atoms with Crippen molar-refractivity contribution in [2.45, 2.75) is 12.8 Å². The molecule has 2 N–H and O–H groups in total. The van der Waals surface area contributed by atoms with Gasteiger partial charge in [0.1, 0.15) is 0 Å². The standard InChI is InChI=1S/C10H16N2O4/c1-11-8(13)3-4-12(2)9(14)6-5-7(6)10(15)16/h6-7H,3-5H2,1-2H3,(H,11,13)(H,15,16). The molecule has 2 amide bonds. The van der Waals surface area contributed by atoms with Crippen LogP contribution in [0.3, 0.4) is 0 Å². The number of amides is 2. The normalized spacial score (nSPS) is 22.4. The van der Waals surface area contributed by atoms with Gasteiger partial charge in [0.2, 0.25) is 11.8 Å². The molecule has 0 aliphatic heterocycles. The van der Waals surface area contributed by atoms with Crippen LogP contribution < -0.4 is 5.32 Å². The Morgan fingerprint density at radius 1 is 1.38 bits per heavy atom. The Labute approximate surface area is 93.6 Å². The first kappa shape index (κ1) is 12.5. The molecule has 1 aliphatic rings. The summed E-state index contributed by atoms with van der Waals surface area (Å²) in [6.45, 7) is 0.321. The van der Waals surface area contributed by atoms with Crippen molar-refractivity contribution < 1.29 is 19.5 Å². The fourth-order valence-electron chi connectivity index (χ4n) is 1.53. The molecule has 6 heteroatoms. The molecule has 1 aliphatic carbocycles. The molecule has 90 valence electrons. The molecule has 2 atom stereocenters. The summed E-state index contributed by atoms with van der Waals surface area (Å²) in [4.78, 5) is 34.6. The molecule has 1 fully saturated rings. The minimum atomic E-state index is -0.918. The number of carboxylic acid groups (broad SMARTS) is 1. The maximum atomic E-state index is 11.7. The average Bonchev–Trinajstić information content (AvgIpc) is 3.04. The SMILES string of the molecule is CNC(=O)CCN(C)C(=O)C1CC1C(=O)O. The van der Waals surface area contributed by atoms with E-state index in [-0.39, 0.29) is 18.2 Å². The second-order valence-corrected chi connectivity index (χ2v) is 3.97. The van der Waals surface area contributed by atoms with Crippen molar-refractivity contribution in [1.29, 1.82) is 0 Å². The molecule has 0 aromatic heterocycles. The van der Waals surface area contributed by atoms with Gasteiger partial charge in [-0.1, -0.05) is 0 Å². The number of nitrogens with zero attached hydrogens (tertiary/aromatic N) is 1. The quantitative estimate of drug-likeness (QED) is 0.651. The molecule has 0 aromatic carbocycles. The van der Waals surface area contributed by atoms with E-state index in [1.165, 1.54) is 11.9 Å². The first-order chi connectivity index (χ1) is 7.47. The summed E-state index contributed by atoms with van der Waals surface area (Å²) < 4.78 is 0. The molecule has 0 saturated heterocycles.